The number of rotatable bonds is 1. The van der Waals surface area contributed by atoms with Gasteiger partial charge < -0.3 is 9.47 Å². The number of aromatic nitrogens is 2. The van der Waals surface area contributed by atoms with Crippen LogP contribution in [0.2, 0.25) is 0 Å². The van der Waals surface area contributed by atoms with Crippen LogP contribution in [0.15, 0.2) is 24.3 Å². The molecule has 4 heteroatoms. The molecule has 1 atom stereocenters. The summed E-state index contributed by atoms with van der Waals surface area (Å²) in [5.41, 5.74) is 2.24. The number of piperidine rings is 1. The van der Waals surface area contributed by atoms with Crippen molar-refractivity contribution in [2.45, 2.75) is 18.2 Å². The number of para-hydroxylation sites is 2. The molecule has 0 spiro atoms. The number of aryl methyl sites for hydroxylation is 1. The second kappa shape index (κ2) is 4.22. The first-order chi connectivity index (χ1) is 8.25. The molecule has 1 aromatic heterocycles. The Morgan fingerprint density at radius 3 is 2.94 bits per heavy atom. The van der Waals surface area contributed by atoms with Gasteiger partial charge in [-0.1, -0.05) is 12.1 Å². The number of imidazole rings is 1. The lowest BCUT2D eigenvalue weighted by Gasteiger charge is -2.30. The quantitative estimate of drug-likeness (QED) is 0.725. The van der Waals surface area contributed by atoms with Gasteiger partial charge in [-0.3, -0.25) is 0 Å². The maximum absolute atomic E-state index is 6.23. The summed E-state index contributed by atoms with van der Waals surface area (Å²) in [6, 6.07) is 8.24. The fourth-order valence-electron chi connectivity index (χ4n) is 2.52. The van der Waals surface area contributed by atoms with Crippen molar-refractivity contribution in [2.24, 2.45) is 7.05 Å². The molecule has 3 nitrogen and oxygen atoms in total. The smallest absolute Gasteiger partial charge is 0.206 e. The van der Waals surface area contributed by atoms with Crippen LogP contribution < -0.4 is 4.90 Å². The first-order valence-electron chi connectivity index (χ1n) is 6.06. The summed E-state index contributed by atoms with van der Waals surface area (Å²) < 4.78 is 2.16. The summed E-state index contributed by atoms with van der Waals surface area (Å²) in [5, 5.41) is 0.253. The summed E-state index contributed by atoms with van der Waals surface area (Å²) in [6.45, 7) is 1.96. The average Bonchev–Trinajstić information content (AvgIpc) is 2.68. The summed E-state index contributed by atoms with van der Waals surface area (Å²) >= 11 is 6.23. The first-order valence-corrected chi connectivity index (χ1v) is 6.50. The van der Waals surface area contributed by atoms with E-state index in [9.17, 15) is 0 Å². The van der Waals surface area contributed by atoms with Crippen LogP contribution in [0.25, 0.3) is 11.0 Å². The SMILES string of the molecule is Cn1c(N2CCCC(Cl)C2)nc2ccccc21. The molecule has 1 aliphatic rings. The highest BCUT2D eigenvalue weighted by atomic mass is 35.5. The van der Waals surface area contributed by atoms with Crippen molar-refractivity contribution in [1.29, 1.82) is 0 Å². The monoisotopic (exact) mass is 249 g/mol. The van der Waals surface area contributed by atoms with Gasteiger partial charge in [0.15, 0.2) is 0 Å². The van der Waals surface area contributed by atoms with Gasteiger partial charge in [-0.2, -0.15) is 0 Å². The molecule has 0 amide bonds. The maximum atomic E-state index is 6.23. The van der Waals surface area contributed by atoms with E-state index in [1.54, 1.807) is 0 Å². The number of alkyl halides is 1. The minimum Gasteiger partial charge on any atom is -0.341 e. The predicted molar refractivity (Wildman–Crippen MR) is 71.8 cm³/mol. The summed E-state index contributed by atoms with van der Waals surface area (Å²) in [5.74, 6) is 1.04. The van der Waals surface area contributed by atoms with Crippen LogP contribution in [-0.4, -0.2) is 28.0 Å². The van der Waals surface area contributed by atoms with Crippen molar-refractivity contribution in [1.82, 2.24) is 9.55 Å². The van der Waals surface area contributed by atoms with Gasteiger partial charge in [0.25, 0.3) is 0 Å². The molecule has 0 saturated carbocycles. The van der Waals surface area contributed by atoms with Gasteiger partial charge in [-0.15, -0.1) is 11.6 Å². The normalized spacial score (nSPS) is 21.1. The molecule has 0 N–H and O–H groups in total. The molecule has 1 fully saturated rings. The number of hydrogen-bond acceptors (Lipinski definition) is 2. The van der Waals surface area contributed by atoms with Gasteiger partial charge in [0.05, 0.1) is 16.4 Å². The number of anilines is 1. The zero-order valence-electron chi connectivity index (χ0n) is 9.93. The van der Waals surface area contributed by atoms with Crippen LogP contribution in [0, 0.1) is 0 Å². The van der Waals surface area contributed by atoms with Gasteiger partial charge in [0.1, 0.15) is 0 Å². The van der Waals surface area contributed by atoms with Gasteiger partial charge >= 0.3 is 0 Å². The van der Waals surface area contributed by atoms with Crippen molar-refractivity contribution in [3.05, 3.63) is 24.3 Å². The largest absolute Gasteiger partial charge is 0.341 e. The number of nitrogens with zero attached hydrogens (tertiary/aromatic N) is 3. The molecule has 0 radical (unpaired) electrons. The lowest BCUT2D eigenvalue weighted by molar-refractivity contribution is 0.569. The third kappa shape index (κ3) is 1.89. The molecule has 1 saturated heterocycles. The highest BCUT2D eigenvalue weighted by molar-refractivity contribution is 6.21. The predicted octanol–water partition coefficient (Wildman–Crippen LogP) is 2.78. The van der Waals surface area contributed by atoms with Crippen LogP contribution in [0.3, 0.4) is 0 Å². The summed E-state index contributed by atoms with van der Waals surface area (Å²) in [6.07, 6.45) is 2.26. The van der Waals surface area contributed by atoms with Crippen molar-refractivity contribution in [2.75, 3.05) is 18.0 Å². The van der Waals surface area contributed by atoms with E-state index in [4.69, 9.17) is 16.6 Å². The molecule has 17 heavy (non-hydrogen) atoms. The number of benzene rings is 1. The van der Waals surface area contributed by atoms with Crippen molar-refractivity contribution >= 4 is 28.6 Å². The zero-order chi connectivity index (χ0) is 11.8. The van der Waals surface area contributed by atoms with Crippen LogP contribution in [0.4, 0.5) is 5.95 Å². The highest BCUT2D eigenvalue weighted by Crippen LogP contribution is 2.25. The van der Waals surface area contributed by atoms with E-state index in [-0.39, 0.29) is 5.38 Å². The lowest BCUT2D eigenvalue weighted by atomic mass is 10.1. The second-order valence-corrected chi connectivity index (χ2v) is 5.26. The Morgan fingerprint density at radius 2 is 2.18 bits per heavy atom. The Bertz CT molecular complexity index is 534. The molecule has 1 aliphatic heterocycles. The Kier molecular flexibility index (Phi) is 2.71. The molecule has 2 aromatic rings. The van der Waals surface area contributed by atoms with Crippen LogP contribution in [-0.2, 0) is 7.05 Å². The van der Waals surface area contributed by atoms with Gasteiger partial charge in [0, 0.05) is 20.1 Å². The Hall–Kier alpha value is -1.22. The van der Waals surface area contributed by atoms with E-state index >= 15 is 0 Å². The Labute approximate surface area is 106 Å². The van der Waals surface area contributed by atoms with Crippen molar-refractivity contribution in [3.8, 4) is 0 Å². The molecular formula is C13H16ClN3. The molecule has 1 unspecified atom stereocenters. The molecule has 1 aromatic carbocycles. The van der Waals surface area contributed by atoms with E-state index in [0.29, 0.717) is 0 Å². The molecule has 0 aliphatic carbocycles. The van der Waals surface area contributed by atoms with Crippen LogP contribution in [0.1, 0.15) is 12.8 Å². The lowest BCUT2D eigenvalue weighted by Crippen LogP contribution is -2.37. The maximum Gasteiger partial charge on any atom is 0.206 e. The molecule has 3 rings (SSSR count). The summed E-state index contributed by atoms with van der Waals surface area (Å²) in [4.78, 5) is 6.99. The summed E-state index contributed by atoms with van der Waals surface area (Å²) in [7, 11) is 2.07. The molecule has 90 valence electrons. The number of fused-ring (bicyclic) bond motifs is 1. The van der Waals surface area contributed by atoms with Gasteiger partial charge in [-0.05, 0) is 25.0 Å². The Morgan fingerprint density at radius 1 is 1.35 bits per heavy atom. The van der Waals surface area contributed by atoms with Gasteiger partial charge in [0.2, 0.25) is 5.95 Å². The average molecular weight is 250 g/mol. The standard InChI is InChI=1S/C13H16ClN3/c1-16-12-7-3-2-6-11(12)15-13(16)17-8-4-5-10(14)9-17/h2-3,6-7,10H,4-5,8-9H2,1H3. The molecule has 0 bridgehead atoms. The number of hydrogen-bond donors (Lipinski definition) is 0. The minimum absolute atomic E-state index is 0.253. The highest BCUT2D eigenvalue weighted by Gasteiger charge is 2.21. The fraction of sp³-hybridized carbons (Fsp3) is 0.462. The van der Waals surface area contributed by atoms with E-state index in [0.717, 1.165) is 37.4 Å². The number of halogens is 1. The van der Waals surface area contributed by atoms with Crippen LogP contribution in [0.5, 0.6) is 0 Å². The van der Waals surface area contributed by atoms with E-state index in [1.807, 2.05) is 12.1 Å². The zero-order valence-corrected chi connectivity index (χ0v) is 10.7. The topological polar surface area (TPSA) is 21.1 Å². The molecular weight excluding hydrogens is 234 g/mol. The van der Waals surface area contributed by atoms with E-state index < -0.39 is 0 Å². The Balaban J connectivity index is 2.02. The van der Waals surface area contributed by atoms with E-state index in [1.165, 1.54) is 5.52 Å². The van der Waals surface area contributed by atoms with Gasteiger partial charge in [-0.25, -0.2) is 4.98 Å². The van der Waals surface area contributed by atoms with Crippen molar-refractivity contribution in [3.63, 3.8) is 0 Å². The minimum atomic E-state index is 0.253. The third-order valence-corrected chi connectivity index (χ3v) is 3.77. The van der Waals surface area contributed by atoms with E-state index in [2.05, 4.69) is 28.6 Å². The second-order valence-electron chi connectivity index (χ2n) is 4.65. The first kappa shape index (κ1) is 10.9. The van der Waals surface area contributed by atoms with Crippen LogP contribution >= 0.6 is 11.6 Å². The fourth-order valence-corrected chi connectivity index (χ4v) is 2.84. The molecule has 2 heterocycles. The third-order valence-electron chi connectivity index (χ3n) is 3.41. The van der Waals surface area contributed by atoms with Crippen molar-refractivity contribution < 1.29 is 0 Å².